The standard InChI is InChI=1S/C12H12BrF3O3/c13-8-4-7(5-10-11(8)19-6-18-10)9(17)2-1-3-12(14,15)16/h4-5,9,17H,1-3,6H2. The summed E-state index contributed by atoms with van der Waals surface area (Å²) in [6.45, 7) is 0.0988. The second kappa shape index (κ2) is 5.58. The molecular formula is C12H12BrF3O3. The molecule has 1 aliphatic rings. The fourth-order valence-corrected chi connectivity index (χ4v) is 2.42. The van der Waals surface area contributed by atoms with Crippen molar-refractivity contribution in [3.05, 3.63) is 22.2 Å². The van der Waals surface area contributed by atoms with Crippen LogP contribution in [0.15, 0.2) is 16.6 Å². The summed E-state index contributed by atoms with van der Waals surface area (Å²) >= 11 is 3.27. The van der Waals surface area contributed by atoms with E-state index in [4.69, 9.17) is 9.47 Å². The molecule has 0 saturated carbocycles. The molecule has 0 saturated heterocycles. The highest BCUT2D eigenvalue weighted by molar-refractivity contribution is 9.10. The van der Waals surface area contributed by atoms with Gasteiger partial charge in [-0.2, -0.15) is 13.2 Å². The van der Waals surface area contributed by atoms with Crippen LogP contribution in [0, 0.1) is 0 Å². The topological polar surface area (TPSA) is 38.7 Å². The van der Waals surface area contributed by atoms with Crippen molar-refractivity contribution in [2.24, 2.45) is 0 Å². The first-order valence-corrected chi connectivity index (χ1v) is 6.50. The molecule has 1 N–H and O–H groups in total. The summed E-state index contributed by atoms with van der Waals surface area (Å²) in [5.41, 5.74) is 0.512. The van der Waals surface area contributed by atoms with Crippen molar-refractivity contribution in [1.82, 2.24) is 0 Å². The number of ether oxygens (including phenoxy) is 2. The lowest BCUT2D eigenvalue weighted by Gasteiger charge is -2.13. The van der Waals surface area contributed by atoms with Gasteiger partial charge >= 0.3 is 6.18 Å². The van der Waals surface area contributed by atoms with Crippen LogP contribution in [-0.2, 0) is 0 Å². The third kappa shape index (κ3) is 3.76. The molecule has 0 bridgehead atoms. The Kier molecular flexibility index (Phi) is 4.25. The molecule has 1 atom stereocenters. The largest absolute Gasteiger partial charge is 0.454 e. The lowest BCUT2D eigenvalue weighted by molar-refractivity contribution is -0.136. The third-order valence-corrected chi connectivity index (χ3v) is 3.36. The predicted octanol–water partition coefficient (Wildman–Crippen LogP) is 3.94. The average molecular weight is 341 g/mol. The van der Waals surface area contributed by atoms with Crippen molar-refractivity contribution >= 4 is 15.9 Å². The Hall–Kier alpha value is -0.950. The van der Waals surface area contributed by atoms with E-state index in [-0.39, 0.29) is 19.6 Å². The SMILES string of the molecule is OC(CCCC(F)(F)F)c1cc(Br)c2c(c1)OCO2. The van der Waals surface area contributed by atoms with Gasteiger partial charge in [0.25, 0.3) is 0 Å². The zero-order valence-corrected chi connectivity index (χ0v) is 11.4. The number of fused-ring (bicyclic) bond motifs is 1. The maximum Gasteiger partial charge on any atom is 0.389 e. The number of aliphatic hydroxyl groups excluding tert-OH is 1. The van der Waals surface area contributed by atoms with E-state index in [9.17, 15) is 18.3 Å². The molecule has 0 spiro atoms. The summed E-state index contributed by atoms with van der Waals surface area (Å²) in [6.07, 6.45) is -6.10. The molecule has 1 heterocycles. The van der Waals surface area contributed by atoms with Crippen molar-refractivity contribution in [1.29, 1.82) is 0 Å². The molecule has 19 heavy (non-hydrogen) atoms. The van der Waals surface area contributed by atoms with Gasteiger partial charge in [-0.25, -0.2) is 0 Å². The molecule has 1 aliphatic heterocycles. The maximum atomic E-state index is 12.0. The molecule has 3 nitrogen and oxygen atoms in total. The fraction of sp³-hybridized carbons (Fsp3) is 0.500. The van der Waals surface area contributed by atoms with Gasteiger partial charge in [0.15, 0.2) is 11.5 Å². The second-order valence-corrected chi connectivity index (χ2v) is 5.11. The van der Waals surface area contributed by atoms with Crippen molar-refractivity contribution < 1.29 is 27.8 Å². The highest BCUT2D eigenvalue weighted by Crippen LogP contribution is 2.41. The first-order valence-electron chi connectivity index (χ1n) is 5.70. The lowest BCUT2D eigenvalue weighted by atomic mass is 10.0. The van der Waals surface area contributed by atoms with Gasteiger partial charge in [0, 0.05) is 6.42 Å². The molecular weight excluding hydrogens is 329 g/mol. The normalized spacial score (nSPS) is 15.6. The van der Waals surface area contributed by atoms with E-state index >= 15 is 0 Å². The highest BCUT2D eigenvalue weighted by Gasteiger charge is 2.27. The van der Waals surface area contributed by atoms with E-state index < -0.39 is 18.7 Å². The molecule has 2 rings (SSSR count). The minimum Gasteiger partial charge on any atom is -0.454 e. The van der Waals surface area contributed by atoms with E-state index in [1.165, 1.54) is 0 Å². The van der Waals surface area contributed by atoms with Crippen molar-refractivity contribution in [3.8, 4) is 11.5 Å². The van der Waals surface area contributed by atoms with Gasteiger partial charge in [-0.05, 0) is 46.5 Å². The number of alkyl halides is 3. The Bertz CT molecular complexity index is 462. The Morgan fingerprint density at radius 1 is 1.32 bits per heavy atom. The fourth-order valence-electron chi connectivity index (χ4n) is 1.84. The summed E-state index contributed by atoms with van der Waals surface area (Å²) in [7, 11) is 0. The Morgan fingerprint density at radius 3 is 2.74 bits per heavy atom. The van der Waals surface area contributed by atoms with E-state index in [0.717, 1.165) is 0 Å². The number of benzene rings is 1. The number of aliphatic hydroxyl groups is 1. The Labute approximate surface area is 116 Å². The zero-order chi connectivity index (χ0) is 14.0. The number of rotatable bonds is 4. The monoisotopic (exact) mass is 340 g/mol. The predicted molar refractivity (Wildman–Crippen MR) is 65.1 cm³/mol. The van der Waals surface area contributed by atoms with E-state index in [1.807, 2.05) is 0 Å². The maximum absolute atomic E-state index is 12.0. The summed E-state index contributed by atoms with van der Waals surface area (Å²) in [4.78, 5) is 0. The highest BCUT2D eigenvalue weighted by atomic mass is 79.9. The Balaban J connectivity index is 2.00. The number of halogens is 4. The molecule has 0 fully saturated rings. The quantitative estimate of drug-likeness (QED) is 0.902. The van der Waals surface area contributed by atoms with Crippen LogP contribution in [0.5, 0.6) is 11.5 Å². The van der Waals surface area contributed by atoms with Crippen LogP contribution in [0.1, 0.15) is 30.9 Å². The van der Waals surface area contributed by atoms with Gasteiger partial charge in [0.2, 0.25) is 6.79 Å². The van der Waals surface area contributed by atoms with E-state index in [0.29, 0.717) is 21.5 Å². The van der Waals surface area contributed by atoms with Gasteiger partial charge in [0.05, 0.1) is 10.6 Å². The average Bonchev–Trinajstić information content (AvgIpc) is 2.75. The molecule has 0 aliphatic carbocycles. The molecule has 7 heteroatoms. The molecule has 1 unspecified atom stereocenters. The molecule has 1 aromatic rings. The van der Waals surface area contributed by atoms with Gasteiger partial charge in [-0.3, -0.25) is 0 Å². The van der Waals surface area contributed by atoms with Crippen LogP contribution in [-0.4, -0.2) is 18.1 Å². The summed E-state index contributed by atoms with van der Waals surface area (Å²) < 4.78 is 47.1. The van der Waals surface area contributed by atoms with Gasteiger partial charge < -0.3 is 14.6 Å². The van der Waals surface area contributed by atoms with Crippen molar-refractivity contribution in [2.45, 2.75) is 31.5 Å². The molecule has 1 aromatic carbocycles. The number of hydrogen-bond acceptors (Lipinski definition) is 3. The van der Waals surface area contributed by atoms with Crippen LogP contribution in [0.25, 0.3) is 0 Å². The first kappa shape index (κ1) is 14.5. The second-order valence-electron chi connectivity index (χ2n) is 4.26. The minimum absolute atomic E-state index is 0.0472. The molecule has 0 radical (unpaired) electrons. The molecule has 106 valence electrons. The molecule has 0 amide bonds. The summed E-state index contributed by atoms with van der Waals surface area (Å²) in [6, 6.07) is 3.22. The molecule has 0 aromatic heterocycles. The van der Waals surface area contributed by atoms with Crippen LogP contribution >= 0.6 is 15.9 Å². The van der Waals surface area contributed by atoms with Crippen molar-refractivity contribution in [3.63, 3.8) is 0 Å². The van der Waals surface area contributed by atoms with Crippen LogP contribution < -0.4 is 9.47 Å². The van der Waals surface area contributed by atoms with Crippen LogP contribution in [0.3, 0.4) is 0 Å². The smallest absolute Gasteiger partial charge is 0.389 e. The van der Waals surface area contributed by atoms with Gasteiger partial charge in [-0.15, -0.1) is 0 Å². The van der Waals surface area contributed by atoms with E-state index in [1.54, 1.807) is 12.1 Å². The number of hydrogen-bond donors (Lipinski definition) is 1. The van der Waals surface area contributed by atoms with Gasteiger partial charge in [-0.1, -0.05) is 0 Å². The van der Waals surface area contributed by atoms with E-state index in [2.05, 4.69) is 15.9 Å². The summed E-state index contributed by atoms with van der Waals surface area (Å²) in [5.74, 6) is 1.03. The van der Waals surface area contributed by atoms with Crippen LogP contribution in [0.4, 0.5) is 13.2 Å². The first-order chi connectivity index (χ1) is 8.87. The van der Waals surface area contributed by atoms with Gasteiger partial charge in [0.1, 0.15) is 0 Å². The Morgan fingerprint density at radius 2 is 2.05 bits per heavy atom. The third-order valence-electron chi connectivity index (χ3n) is 2.77. The zero-order valence-electron chi connectivity index (χ0n) is 9.84. The minimum atomic E-state index is -4.19. The van der Waals surface area contributed by atoms with Crippen LogP contribution in [0.2, 0.25) is 0 Å². The summed E-state index contributed by atoms with van der Waals surface area (Å²) in [5, 5.41) is 9.89. The van der Waals surface area contributed by atoms with Crippen molar-refractivity contribution in [2.75, 3.05) is 6.79 Å². The lowest BCUT2D eigenvalue weighted by Crippen LogP contribution is -2.08.